The third-order valence-electron chi connectivity index (χ3n) is 5.31. The molecule has 0 bridgehead atoms. The topological polar surface area (TPSA) is 32.3 Å². The van der Waals surface area contributed by atoms with Crippen molar-refractivity contribution in [3.05, 3.63) is 35.9 Å². The molecule has 1 aromatic carbocycles. The molecule has 3 nitrogen and oxygen atoms in total. The lowest BCUT2D eigenvalue weighted by molar-refractivity contribution is -0.126. The van der Waals surface area contributed by atoms with Crippen molar-refractivity contribution >= 4 is 5.91 Å². The average molecular weight is 331 g/mol. The Kier molecular flexibility index (Phi) is 8.31. The minimum Gasteiger partial charge on any atom is -0.356 e. The minimum absolute atomic E-state index is 0.208. The maximum atomic E-state index is 12.3. The quantitative estimate of drug-likeness (QED) is 0.674. The number of nitrogens with one attached hydrogen (secondary N) is 1. The normalized spacial score (nSPS) is 17.6. The summed E-state index contributed by atoms with van der Waals surface area (Å²) in [6.07, 6.45) is 8.20. The maximum absolute atomic E-state index is 12.3. The highest BCUT2D eigenvalue weighted by atomic mass is 16.1. The largest absolute Gasteiger partial charge is 0.356 e. The van der Waals surface area contributed by atoms with E-state index >= 15 is 0 Å². The summed E-state index contributed by atoms with van der Waals surface area (Å²) in [6, 6.07) is 11.1. The number of rotatable bonds is 9. The Labute approximate surface area is 147 Å². The van der Waals surface area contributed by atoms with Crippen LogP contribution in [0.2, 0.25) is 0 Å². The molecule has 1 atom stereocenters. The van der Waals surface area contributed by atoms with Crippen molar-refractivity contribution < 1.29 is 4.79 Å². The van der Waals surface area contributed by atoms with E-state index in [2.05, 4.69) is 54.4 Å². The smallest absolute Gasteiger partial charge is 0.223 e. The first-order chi connectivity index (χ1) is 11.7. The van der Waals surface area contributed by atoms with E-state index in [-0.39, 0.29) is 11.8 Å². The molecule has 0 aliphatic carbocycles. The molecule has 0 saturated carbocycles. The first-order valence-corrected chi connectivity index (χ1v) is 9.79. The van der Waals surface area contributed by atoms with Crippen LogP contribution >= 0.6 is 0 Å². The summed E-state index contributed by atoms with van der Waals surface area (Å²) in [5.74, 6) is 0.484. The standard InChI is InChI=1S/C21H34N2O/c1-3-4-5-6-10-15-22-21(24)20-13-16-23(17-14-20)18(2)19-11-8-7-9-12-19/h7-9,11-12,18,20H,3-6,10,13-17H2,1-2H3,(H,22,24). The highest BCUT2D eigenvalue weighted by Crippen LogP contribution is 2.26. The summed E-state index contributed by atoms with van der Waals surface area (Å²) < 4.78 is 0. The molecule has 1 heterocycles. The van der Waals surface area contributed by atoms with Gasteiger partial charge in [-0.25, -0.2) is 0 Å². The Balaban J connectivity index is 1.66. The number of hydrogen-bond donors (Lipinski definition) is 1. The van der Waals surface area contributed by atoms with Gasteiger partial charge in [-0.15, -0.1) is 0 Å². The van der Waals surface area contributed by atoms with Gasteiger partial charge in [0.05, 0.1) is 0 Å². The van der Waals surface area contributed by atoms with Gasteiger partial charge < -0.3 is 5.32 Å². The predicted octanol–water partition coefficient (Wildman–Crippen LogP) is 4.55. The number of benzene rings is 1. The van der Waals surface area contributed by atoms with Gasteiger partial charge in [-0.05, 0) is 44.8 Å². The van der Waals surface area contributed by atoms with Crippen LogP contribution in [0.4, 0.5) is 0 Å². The van der Waals surface area contributed by atoms with Crippen LogP contribution in [-0.4, -0.2) is 30.4 Å². The van der Waals surface area contributed by atoms with Crippen LogP contribution in [0.25, 0.3) is 0 Å². The molecule has 24 heavy (non-hydrogen) atoms. The number of nitrogens with zero attached hydrogens (tertiary/aromatic N) is 1. The number of unbranched alkanes of at least 4 members (excludes halogenated alkanes) is 4. The fourth-order valence-electron chi connectivity index (χ4n) is 3.58. The summed E-state index contributed by atoms with van der Waals surface area (Å²) in [6.45, 7) is 7.39. The van der Waals surface area contributed by atoms with Crippen LogP contribution in [0.3, 0.4) is 0 Å². The first-order valence-electron chi connectivity index (χ1n) is 9.79. The van der Waals surface area contributed by atoms with Crippen molar-refractivity contribution in [3.63, 3.8) is 0 Å². The second-order valence-corrected chi connectivity index (χ2v) is 7.10. The Morgan fingerprint density at radius 2 is 1.79 bits per heavy atom. The third kappa shape index (κ3) is 5.94. The van der Waals surface area contributed by atoms with E-state index in [1.165, 1.54) is 31.2 Å². The molecular formula is C21H34N2O. The highest BCUT2D eigenvalue weighted by molar-refractivity contribution is 5.78. The van der Waals surface area contributed by atoms with Gasteiger partial charge in [0.2, 0.25) is 5.91 Å². The van der Waals surface area contributed by atoms with Crippen molar-refractivity contribution in [2.45, 2.75) is 64.8 Å². The van der Waals surface area contributed by atoms with Crippen molar-refractivity contribution in [2.75, 3.05) is 19.6 Å². The van der Waals surface area contributed by atoms with E-state index in [0.29, 0.717) is 6.04 Å². The van der Waals surface area contributed by atoms with Gasteiger partial charge in [-0.3, -0.25) is 9.69 Å². The molecule has 1 fully saturated rings. The first kappa shape index (κ1) is 19.0. The summed E-state index contributed by atoms with van der Waals surface area (Å²) in [7, 11) is 0. The number of carbonyl (C=O) groups excluding carboxylic acids is 1. The fraction of sp³-hybridized carbons (Fsp3) is 0.667. The average Bonchev–Trinajstić information content (AvgIpc) is 2.64. The SMILES string of the molecule is CCCCCCCNC(=O)C1CCN(C(C)c2ccccc2)CC1. The van der Waals surface area contributed by atoms with Gasteiger partial charge in [0.25, 0.3) is 0 Å². The predicted molar refractivity (Wildman–Crippen MR) is 101 cm³/mol. The monoisotopic (exact) mass is 330 g/mol. The molecular weight excluding hydrogens is 296 g/mol. The summed E-state index contributed by atoms with van der Waals surface area (Å²) in [4.78, 5) is 14.8. The van der Waals surface area contributed by atoms with E-state index < -0.39 is 0 Å². The summed E-state index contributed by atoms with van der Waals surface area (Å²) >= 11 is 0. The molecule has 1 aliphatic rings. The maximum Gasteiger partial charge on any atom is 0.223 e. The van der Waals surface area contributed by atoms with Crippen LogP contribution in [0.15, 0.2) is 30.3 Å². The Morgan fingerprint density at radius 3 is 2.46 bits per heavy atom. The van der Waals surface area contributed by atoms with E-state index in [1.54, 1.807) is 0 Å². The molecule has 1 saturated heterocycles. The molecule has 1 aliphatic heterocycles. The van der Waals surface area contributed by atoms with Gasteiger partial charge in [-0.2, -0.15) is 0 Å². The highest BCUT2D eigenvalue weighted by Gasteiger charge is 2.27. The second kappa shape index (κ2) is 10.5. The zero-order chi connectivity index (χ0) is 17.2. The molecule has 0 spiro atoms. The number of amides is 1. The molecule has 3 heteroatoms. The molecule has 1 N–H and O–H groups in total. The molecule has 1 amide bonds. The van der Waals surface area contributed by atoms with Crippen LogP contribution in [0.5, 0.6) is 0 Å². The molecule has 2 rings (SSSR count). The number of piperidine rings is 1. The Morgan fingerprint density at radius 1 is 1.12 bits per heavy atom. The minimum atomic E-state index is 0.208. The van der Waals surface area contributed by atoms with Crippen molar-refractivity contribution in [2.24, 2.45) is 5.92 Å². The lowest BCUT2D eigenvalue weighted by atomic mass is 9.94. The number of hydrogen-bond acceptors (Lipinski definition) is 2. The zero-order valence-electron chi connectivity index (χ0n) is 15.5. The van der Waals surface area contributed by atoms with Crippen molar-refractivity contribution in [3.8, 4) is 0 Å². The number of likely N-dealkylation sites (tertiary alicyclic amines) is 1. The molecule has 1 aromatic rings. The van der Waals surface area contributed by atoms with Gasteiger partial charge in [0.1, 0.15) is 0 Å². The Bertz CT molecular complexity index is 466. The van der Waals surface area contributed by atoms with Crippen LogP contribution in [-0.2, 0) is 4.79 Å². The lowest BCUT2D eigenvalue weighted by Gasteiger charge is -2.35. The summed E-state index contributed by atoms with van der Waals surface area (Å²) in [5.41, 5.74) is 1.37. The van der Waals surface area contributed by atoms with Gasteiger partial charge >= 0.3 is 0 Å². The number of carbonyl (C=O) groups is 1. The molecule has 1 unspecified atom stereocenters. The Hall–Kier alpha value is -1.35. The lowest BCUT2D eigenvalue weighted by Crippen LogP contribution is -2.41. The molecule has 134 valence electrons. The van der Waals surface area contributed by atoms with Gasteiger partial charge in [0, 0.05) is 18.5 Å². The summed E-state index contributed by atoms with van der Waals surface area (Å²) in [5, 5.41) is 3.15. The van der Waals surface area contributed by atoms with E-state index in [0.717, 1.165) is 38.9 Å². The van der Waals surface area contributed by atoms with Crippen molar-refractivity contribution in [1.29, 1.82) is 0 Å². The van der Waals surface area contributed by atoms with E-state index in [1.807, 2.05) is 0 Å². The zero-order valence-corrected chi connectivity index (χ0v) is 15.5. The van der Waals surface area contributed by atoms with E-state index in [9.17, 15) is 4.79 Å². The van der Waals surface area contributed by atoms with Crippen LogP contribution in [0.1, 0.15) is 70.4 Å². The molecule has 0 aromatic heterocycles. The van der Waals surface area contributed by atoms with Crippen LogP contribution in [0, 0.1) is 5.92 Å². The third-order valence-corrected chi connectivity index (χ3v) is 5.31. The van der Waals surface area contributed by atoms with Gasteiger partial charge in [0.15, 0.2) is 0 Å². The van der Waals surface area contributed by atoms with Gasteiger partial charge in [-0.1, -0.05) is 62.9 Å². The second-order valence-electron chi connectivity index (χ2n) is 7.10. The fourth-order valence-corrected chi connectivity index (χ4v) is 3.58. The molecule has 0 radical (unpaired) electrons. The van der Waals surface area contributed by atoms with Crippen molar-refractivity contribution in [1.82, 2.24) is 10.2 Å². The van der Waals surface area contributed by atoms with E-state index in [4.69, 9.17) is 0 Å². The van der Waals surface area contributed by atoms with Crippen LogP contribution < -0.4 is 5.32 Å².